The summed E-state index contributed by atoms with van der Waals surface area (Å²) in [6, 6.07) is 21.4. The van der Waals surface area contributed by atoms with Gasteiger partial charge in [0.05, 0.1) is 0 Å². The van der Waals surface area contributed by atoms with Crippen LogP contribution in [0.2, 0.25) is 0 Å². The molecule has 0 nitrogen and oxygen atoms in total. The van der Waals surface area contributed by atoms with Gasteiger partial charge in [0, 0.05) is 0 Å². The fourth-order valence-corrected chi connectivity index (χ4v) is 3.99. The van der Waals surface area contributed by atoms with Crippen molar-refractivity contribution in [2.24, 2.45) is 0 Å². The van der Waals surface area contributed by atoms with Gasteiger partial charge in [0.2, 0.25) is 0 Å². The summed E-state index contributed by atoms with van der Waals surface area (Å²) >= 11 is 0. The molecule has 121 valence electrons. The van der Waals surface area contributed by atoms with E-state index in [0.717, 1.165) is 0 Å². The summed E-state index contributed by atoms with van der Waals surface area (Å²) in [5, 5.41) is 8.10. The first-order valence-electron chi connectivity index (χ1n) is 9.45. The maximum absolute atomic E-state index is 3.38. The molecule has 0 saturated carbocycles. The zero-order valence-electron chi connectivity index (χ0n) is 14.6. The maximum atomic E-state index is 3.38. The van der Waals surface area contributed by atoms with Crippen LogP contribution in [0, 0.1) is 6.07 Å². The Balaban J connectivity index is 1.62. The third-order valence-corrected chi connectivity index (χ3v) is 5.26. The molecule has 0 bridgehead atoms. The Morgan fingerprint density at radius 1 is 0.708 bits per heavy atom. The van der Waals surface area contributed by atoms with E-state index in [-0.39, 0.29) is 0 Å². The van der Waals surface area contributed by atoms with Crippen LogP contribution in [0.5, 0.6) is 0 Å². The van der Waals surface area contributed by atoms with Gasteiger partial charge in [-0.25, -0.2) is 0 Å². The van der Waals surface area contributed by atoms with Crippen molar-refractivity contribution in [3.8, 4) is 0 Å². The third-order valence-electron chi connectivity index (χ3n) is 5.26. The predicted octanol–water partition coefficient (Wildman–Crippen LogP) is 7.29. The minimum absolute atomic E-state index is 1.20. The largest absolute Gasteiger partial charge is 0.0654 e. The molecule has 24 heavy (non-hydrogen) atoms. The first kappa shape index (κ1) is 15.4. The molecule has 0 aliphatic rings. The van der Waals surface area contributed by atoms with Crippen molar-refractivity contribution >= 4 is 32.3 Å². The number of rotatable bonds is 7. The molecule has 0 aliphatic carbocycles. The molecule has 0 aromatic heterocycles. The van der Waals surface area contributed by atoms with Crippen LogP contribution in [0.3, 0.4) is 0 Å². The number of hydrogen-bond acceptors (Lipinski definition) is 0. The fraction of sp³-hybridized carbons (Fsp3) is 0.333. The normalized spacial score (nSPS) is 11.9. The van der Waals surface area contributed by atoms with E-state index in [1.54, 1.807) is 0 Å². The Kier molecular flexibility index (Phi) is 4.38. The number of hydrogen-bond donors (Lipinski definition) is 0. The summed E-state index contributed by atoms with van der Waals surface area (Å²) in [6.45, 7) is 2.28. The van der Waals surface area contributed by atoms with E-state index in [0.29, 0.717) is 0 Å². The fourth-order valence-electron chi connectivity index (χ4n) is 3.99. The summed E-state index contributed by atoms with van der Waals surface area (Å²) in [5.74, 6) is 0. The lowest BCUT2D eigenvalue weighted by Gasteiger charge is -2.12. The van der Waals surface area contributed by atoms with E-state index in [1.807, 2.05) is 6.07 Å². The lowest BCUT2D eigenvalue weighted by Crippen LogP contribution is -1.90. The summed E-state index contributed by atoms with van der Waals surface area (Å²) < 4.78 is 0. The topological polar surface area (TPSA) is 0 Å². The Morgan fingerprint density at radius 3 is 2.25 bits per heavy atom. The zero-order valence-corrected chi connectivity index (χ0v) is 14.6. The highest BCUT2D eigenvalue weighted by Crippen LogP contribution is 2.35. The van der Waals surface area contributed by atoms with E-state index >= 15 is 0 Å². The lowest BCUT2D eigenvalue weighted by molar-refractivity contribution is 0.608. The van der Waals surface area contributed by atoms with E-state index in [1.165, 1.54) is 82.8 Å². The lowest BCUT2D eigenvalue weighted by atomic mass is 9.92. The van der Waals surface area contributed by atoms with Crippen LogP contribution in [-0.4, -0.2) is 0 Å². The number of benzene rings is 4. The molecule has 4 aromatic carbocycles. The average Bonchev–Trinajstić information content (AvgIpc) is 2.62. The van der Waals surface area contributed by atoms with Gasteiger partial charge in [0.25, 0.3) is 0 Å². The molecule has 0 atom stereocenters. The molecule has 0 unspecified atom stereocenters. The van der Waals surface area contributed by atoms with Crippen molar-refractivity contribution in [1.82, 2.24) is 0 Å². The highest BCUT2D eigenvalue weighted by Gasteiger charge is 2.09. The highest BCUT2D eigenvalue weighted by atomic mass is 14.1. The van der Waals surface area contributed by atoms with Crippen LogP contribution < -0.4 is 0 Å². The molecule has 0 amide bonds. The van der Waals surface area contributed by atoms with Crippen LogP contribution in [0.25, 0.3) is 32.3 Å². The second kappa shape index (κ2) is 6.81. The van der Waals surface area contributed by atoms with E-state index in [2.05, 4.69) is 55.5 Å². The minimum atomic E-state index is 1.20. The molecule has 4 aromatic rings. The van der Waals surface area contributed by atoms with Crippen LogP contribution in [-0.2, 0) is 6.42 Å². The zero-order chi connectivity index (χ0) is 16.4. The minimum Gasteiger partial charge on any atom is -0.0654 e. The molecule has 0 heteroatoms. The molecule has 1 radical (unpaired) electrons. The molecule has 0 saturated heterocycles. The summed E-state index contributed by atoms with van der Waals surface area (Å²) in [6.07, 6.45) is 9.37. The van der Waals surface area contributed by atoms with Crippen molar-refractivity contribution in [3.63, 3.8) is 0 Å². The van der Waals surface area contributed by atoms with Crippen molar-refractivity contribution < 1.29 is 0 Å². The van der Waals surface area contributed by atoms with E-state index in [9.17, 15) is 0 Å². The third kappa shape index (κ3) is 2.86. The van der Waals surface area contributed by atoms with Gasteiger partial charge < -0.3 is 0 Å². The molecule has 0 aliphatic heterocycles. The Bertz CT molecular complexity index is 884. The van der Waals surface area contributed by atoms with Gasteiger partial charge in [-0.15, -0.1) is 0 Å². The van der Waals surface area contributed by atoms with Crippen molar-refractivity contribution in [2.75, 3.05) is 0 Å². The first-order chi connectivity index (χ1) is 11.9. The molecule has 4 rings (SSSR count). The van der Waals surface area contributed by atoms with Gasteiger partial charge in [-0.05, 0) is 56.8 Å². The van der Waals surface area contributed by atoms with Crippen LogP contribution in [0.15, 0.2) is 48.5 Å². The quantitative estimate of drug-likeness (QED) is 0.248. The maximum Gasteiger partial charge on any atom is -0.00206 e. The summed E-state index contributed by atoms with van der Waals surface area (Å²) in [5.41, 5.74) is 1.49. The van der Waals surface area contributed by atoms with Gasteiger partial charge in [-0.1, -0.05) is 87.6 Å². The summed E-state index contributed by atoms with van der Waals surface area (Å²) in [7, 11) is 0. The second-order valence-corrected chi connectivity index (χ2v) is 7.06. The van der Waals surface area contributed by atoms with Crippen LogP contribution >= 0.6 is 0 Å². The Morgan fingerprint density at radius 2 is 1.42 bits per heavy atom. The molecule has 0 N–H and O–H groups in total. The molecular weight excluding hydrogens is 288 g/mol. The number of aryl methyl sites for hydroxylation is 1. The van der Waals surface area contributed by atoms with Crippen molar-refractivity contribution in [2.45, 2.75) is 51.9 Å². The van der Waals surface area contributed by atoms with Gasteiger partial charge in [0.15, 0.2) is 0 Å². The van der Waals surface area contributed by atoms with Crippen molar-refractivity contribution in [3.05, 3.63) is 60.2 Å². The second-order valence-electron chi connectivity index (χ2n) is 7.06. The SMILES string of the molecule is CCCCCCCCc1cc2ccc3[c]ccc4ccc(c1)c2c34. The van der Waals surface area contributed by atoms with Gasteiger partial charge in [-0.2, -0.15) is 0 Å². The van der Waals surface area contributed by atoms with Gasteiger partial charge in [-0.3, -0.25) is 0 Å². The van der Waals surface area contributed by atoms with E-state index in [4.69, 9.17) is 0 Å². The van der Waals surface area contributed by atoms with Gasteiger partial charge in [0.1, 0.15) is 0 Å². The highest BCUT2D eigenvalue weighted by molar-refractivity contribution is 6.22. The van der Waals surface area contributed by atoms with Gasteiger partial charge >= 0.3 is 0 Å². The summed E-state index contributed by atoms with van der Waals surface area (Å²) in [4.78, 5) is 0. The molecule has 0 fully saturated rings. The van der Waals surface area contributed by atoms with Crippen LogP contribution in [0.4, 0.5) is 0 Å². The van der Waals surface area contributed by atoms with Crippen molar-refractivity contribution in [1.29, 1.82) is 0 Å². The van der Waals surface area contributed by atoms with Crippen LogP contribution in [0.1, 0.15) is 51.0 Å². The smallest absolute Gasteiger partial charge is 0.00206 e. The Hall–Kier alpha value is -2.08. The molecular formula is C24H25. The predicted molar refractivity (Wildman–Crippen MR) is 106 cm³/mol. The average molecular weight is 313 g/mol. The number of unbranched alkanes of at least 4 members (excludes halogenated alkanes) is 5. The monoisotopic (exact) mass is 313 g/mol. The Labute approximate surface area is 144 Å². The standard InChI is InChI=1S/C24H25/c1-2-3-4-5-6-7-9-18-16-21-14-12-19-10-8-11-20-13-15-22(17-18)24(21)23(19)20/h8,10,12-17H,2-7,9H2,1H3. The molecule has 0 heterocycles. The first-order valence-corrected chi connectivity index (χ1v) is 9.45. The van der Waals surface area contributed by atoms with E-state index < -0.39 is 0 Å². The molecule has 0 spiro atoms.